The van der Waals surface area contributed by atoms with E-state index in [2.05, 4.69) is 10.1 Å². The normalized spacial score (nSPS) is 12.2. The maximum atomic E-state index is 12.1. The van der Waals surface area contributed by atoms with Crippen molar-refractivity contribution in [3.63, 3.8) is 0 Å². The largest absolute Gasteiger partial charge is 0.443 e. The van der Waals surface area contributed by atoms with Gasteiger partial charge in [-0.2, -0.15) is 0 Å². The highest BCUT2D eigenvalue weighted by Crippen LogP contribution is 2.22. The lowest BCUT2D eigenvalue weighted by atomic mass is 9.94. The predicted molar refractivity (Wildman–Crippen MR) is 73.8 cm³/mol. The molecule has 3 rings (SSSR count). The molecule has 3 aromatic rings. The number of fused-ring (bicyclic) bond motifs is 1. The van der Waals surface area contributed by atoms with Gasteiger partial charge in [-0.1, -0.05) is 26.8 Å². The first-order chi connectivity index (χ1) is 9.45. The monoisotopic (exact) mass is 272 g/mol. The van der Waals surface area contributed by atoms with Crippen molar-refractivity contribution >= 4 is 5.65 Å². The van der Waals surface area contributed by atoms with E-state index in [1.807, 2.05) is 26.8 Å². The standard InChI is InChI=1S/C14H16N4O2/c1-14(2,3)10-8-15-12(20-10)9-18-13(19)17-7-5-4-6-11(17)16-18/h4-8H,9H2,1-3H3. The summed E-state index contributed by atoms with van der Waals surface area (Å²) in [6, 6.07) is 5.42. The van der Waals surface area contributed by atoms with Crippen molar-refractivity contribution in [2.45, 2.75) is 32.7 Å². The van der Waals surface area contributed by atoms with Gasteiger partial charge in [-0.3, -0.25) is 4.40 Å². The molecule has 0 amide bonds. The minimum atomic E-state index is -0.198. The molecule has 6 nitrogen and oxygen atoms in total. The quantitative estimate of drug-likeness (QED) is 0.714. The van der Waals surface area contributed by atoms with E-state index in [9.17, 15) is 4.79 Å². The van der Waals surface area contributed by atoms with Gasteiger partial charge < -0.3 is 4.42 Å². The molecule has 3 heterocycles. The molecule has 0 aliphatic carbocycles. The van der Waals surface area contributed by atoms with E-state index in [-0.39, 0.29) is 17.6 Å². The summed E-state index contributed by atoms with van der Waals surface area (Å²) in [4.78, 5) is 16.3. The molecule has 0 unspecified atom stereocenters. The van der Waals surface area contributed by atoms with Crippen LogP contribution in [0.3, 0.4) is 0 Å². The number of pyridine rings is 1. The van der Waals surface area contributed by atoms with Gasteiger partial charge in [0.15, 0.2) is 5.65 Å². The summed E-state index contributed by atoms with van der Waals surface area (Å²) >= 11 is 0. The van der Waals surface area contributed by atoms with Gasteiger partial charge in [0.25, 0.3) is 0 Å². The molecule has 0 fully saturated rings. The van der Waals surface area contributed by atoms with Crippen LogP contribution in [0.15, 0.2) is 39.8 Å². The maximum Gasteiger partial charge on any atom is 0.350 e. The Kier molecular flexibility index (Phi) is 2.74. The summed E-state index contributed by atoms with van der Waals surface area (Å²) < 4.78 is 8.53. The van der Waals surface area contributed by atoms with Crippen molar-refractivity contribution in [1.82, 2.24) is 19.2 Å². The molecule has 0 N–H and O–H groups in total. The molecule has 0 aromatic carbocycles. The van der Waals surface area contributed by atoms with E-state index in [1.165, 1.54) is 9.08 Å². The fourth-order valence-electron chi connectivity index (χ4n) is 1.93. The average Bonchev–Trinajstić information content (AvgIpc) is 2.97. The molecular weight excluding hydrogens is 256 g/mol. The number of rotatable bonds is 2. The van der Waals surface area contributed by atoms with E-state index in [1.54, 1.807) is 24.5 Å². The van der Waals surface area contributed by atoms with Gasteiger partial charge in [-0.15, -0.1) is 5.10 Å². The van der Waals surface area contributed by atoms with Gasteiger partial charge in [0.05, 0.1) is 6.20 Å². The Labute approximate surface area is 115 Å². The molecule has 0 radical (unpaired) electrons. The van der Waals surface area contributed by atoms with Crippen molar-refractivity contribution in [3.8, 4) is 0 Å². The maximum absolute atomic E-state index is 12.1. The van der Waals surface area contributed by atoms with E-state index in [0.29, 0.717) is 11.5 Å². The Morgan fingerprint density at radius 2 is 2.10 bits per heavy atom. The second kappa shape index (κ2) is 4.33. The second-order valence-electron chi connectivity index (χ2n) is 5.74. The van der Waals surface area contributed by atoms with E-state index in [4.69, 9.17) is 4.42 Å². The lowest BCUT2D eigenvalue weighted by Gasteiger charge is -2.12. The third kappa shape index (κ3) is 2.13. The van der Waals surface area contributed by atoms with E-state index in [0.717, 1.165) is 5.76 Å². The first-order valence-corrected chi connectivity index (χ1v) is 6.44. The van der Waals surface area contributed by atoms with Crippen LogP contribution in [0, 0.1) is 0 Å². The predicted octanol–water partition coefficient (Wildman–Crippen LogP) is 1.83. The fraction of sp³-hybridized carbons (Fsp3) is 0.357. The van der Waals surface area contributed by atoms with E-state index >= 15 is 0 Å². The van der Waals surface area contributed by atoms with Crippen LogP contribution in [0.25, 0.3) is 5.65 Å². The van der Waals surface area contributed by atoms with Crippen molar-refractivity contribution in [2.24, 2.45) is 0 Å². The summed E-state index contributed by atoms with van der Waals surface area (Å²) in [5, 5.41) is 4.25. The third-order valence-corrected chi connectivity index (χ3v) is 3.07. The lowest BCUT2D eigenvalue weighted by molar-refractivity contribution is 0.371. The molecule has 6 heteroatoms. The molecular formula is C14H16N4O2. The molecule has 0 saturated carbocycles. The van der Waals surface area contributed by atoms with Crippen LogP contribution in [0.5, 0.6) is 0 Å². The van der Waals surface area contributed by atoms with Crippen LogP contribution in [-0.2, 0) is 12.0 Å². The Balaban J connectivity index is 1.95. The van der Waals surface area contributed by atoms with Gasteiger partial charge in [0, 0.05) is 11.6 Å². The molecule has 20 heavy (non-hydrogen) atoms. The summed E-state index contributed by atoms with van der Waals surface area (Å²) in [7, 11) is 0. The van der Waals surface area contributed by atoms with Crippen molar-refractivity contribution in [3.05, 3.63) is 52.7 Å². The summed E-state index contributed by atoms with van der Waals surface area (Å²) in [6.45, 7) is 6.38. The second-order valence-corrected chi connectivity index (χ2v) is 5.74. The zero-order chi connectivity index (χ0) is 14.3. The van der Waals surface area contributed by atoms with Gasteiger partial charge in [-0.05, 0) is 12.1 Å². The van der Waals surface area contributed by atoms with Crippen LogP contribution in [-0.4, -0.2) is 19.2 Å². The Morgan fingerprint density at radius 1 is 1.30 bits per heavy atom. The number of hydrogen-bond acceptors (Lipinski definition) is 4. The topological polar surface area (TPSA) is 65.3 Å². The minimum absolute atomic E-state index is 0.102. The van der Waals surface area contributed by atoms with Crippen molar-refractivity contribution in [1.29, 1.82) is 0 Å². The summed E-state index contributed by atoms with van der Waals surface area (Å²) in [6.07, 6.45) is 3.40. The van der Waals surface area contributed by atoms with Gasteiger partial charge >= 0.3 is 5.69 Å². The molecule has 3 aromatic heterocycles. The summed E-state index contributed by atoms with van der Waals surface area (Å²) in [5.74, 6) is 1.28. The Hall–Kier alpha value is -2.37. The number of hydrogen-bond donors (Lipinski definition) is 0. The number of nitrogens with zero attached hydrogens (tertiary/aromatic N) is 4. The van der Waals surface area contributed by atoms with Crippen LogP contribution in [0.2, 0.25) is 0 Å². The van der Waals surface area contributed by atoms with Gasteiger partial charge in [0.1, 0.15) is 12.3 Å². The highest BCUT2D eigenvalue weighted by molar-refractivity contribution is 5.35. The zero-order valence-electron chi connectivity index (χ0n) is 11.7. The smallest absolute Gasteiger partial charge is 0.350 e. The van der Waals surface area contributed by atoms with Gasteiger partial charge in [0.2, 0.25) is 5.89 Å². The average molecular weight is 272 g/mol. The molecule has 0 atom stereocenters. The highest BCUT2D eigenvalue weighted by Gasteiger charge is 2.19. The van der Waals surface area contributed by atoms with Crippen LogP contribution >= 0.6 is 0 Å². The zero-order valence-corrected chi connectivity index (χ0v) is 11.7. The first-order valence-electron chi connectivity index (χ1n) is 6.44. The molecule has 0 bridgehead atoms. The number of aromatic nitrogens is 4. The lowest BCUT2D eigenvalue weighted by Crippen LogP contribution is -2.21. The number of oxazole rings is 1. The highest BCUT2D eigenvalue weighted by atomic mass is 16.4. The summed E-state index contributed by atoms with van der Waals surface area (Å²) in [5.41, 5.74) is 0.311. The first kappa shape index (κ1) is 12.7. The van der Waals surface area contributed by atoms with Crippen LogP contribution in [0.4, 0.5) is 0 Å². The molecule has 0 aliphatic rings. The van der Waals surface area contributed by atoms with Crippen molar-refractivity contribution < 1.29 is 4.42 Å². The van der Waals surface area contributed by atoms with Crippen LogP contribution in [0.1, 0.15) is 32.4 Å². The molecule has 0 spiro atoms. The fourth-order valence-corrected chi connectivity index (χ4v) is 1.93. The Bertz CT molecular complexity index is 804. The Morgan fingerprint density at radius 3 is 2.75 bits per heavy atom. The van der Waals surface area contributed by atoms with Crippen molar-refractivity contribution in [2.75, 3.05) is 0 Å². The minimum Gasteiger partial charge on any atom is -0.443 e. The van der Waals surface area contributed by atoms with Crippen LogP contribution < -0.4 is 5.69 Å². The van der Waals surface area contributed by atoms with Gasteiger partial charge in [-0.25, -0.2) is 14.5 Å². The molecule has 0 saturated heterocycles. The SMILES string of the molecule is CC(C)(C)c1cnc(Cn2nc3ccccn3c2=O)o1. The molecule has 0 aliphatic heterocycles. The third-order valence-electron chi connectivity index (χ3n) is 3.07. The molecule has 104 valence electrons. The van der Waals surface area contributed by atoms with E-state index < -0.39 is 0 Å².